The van der Waals surface area contributed by atoms with Crippen LogP contribution in [-0.4, -0.2) is 65.5 Å². The first-order chi connectivity index (χ1) is 14.0. The Morgan fingerprint density at radius 1 is 1.23 bits per heavy atom. The number of nitrogens with one attached hydrogen (secondary N) is 1. The molecule has 0 saturated carbocycles. The fourth-order valence-corrected chi connectivity index (χ4v) is 3.57. The number of carboxylic acids is 1. The zero-order valence-corrected chi connectivity index (χ0v) is 17.0. The largest absolute Gasteiger partial charge is 0.490 e. The third kappa shape index (κ3) is 6.28. The average Bonchev–Trinajstić information content (AvgIpc) is 2.71. The highest BCUT2D eigenvalue weighted by molar-refractivity contribution is 5.78. The molecule has 2 N–H and O–H groups in total. The fraction of sp³-hybridized carbons (Fsp3) is 0.684. The van der Waals surface area contributed by atoms with Crippen LogP contribution in [0.15, 0.2) is 18.5 Å². The van der Waals surface area contributed by atoms with Gasteiger partial charge in [0, 0.05) is 38.0 Å². The number of alkyl halides is 3. The minimum Gasteiger partial charge on any atom is -0.475 e. The number of aliphatic carboxylic acids is 1. The van der Waals surface area contributed by atoms with Crippen LogP contribution in [0.5, 0.6) is 0 Å². The highest BCUT2D eigenvalue weighted by Gasteiger charge is 2.44. The highest BCUT2D eigenvalue weighted by Crippen LogP contribution is 2.41. The third-order valence-electron chi connectivity index (χ3n) is 5.45. The van der Waals surface area contributed by atoms with E-state index in [9.17, 15) is 18.0 Å². The number of anilines is 1. The summed E-state index contributed by atoms with van der Waals surface area (Å²) in [4.78, 5) is 32.0. The molecule has 1 unspecified atom stereocenters. The molecule has 0 aromatic carbocycles. The van der Waals surface area contributed by atoms with Gasteiger partial charge in [0.25, 0.3) is 0 Å². The number of hydrogen-bond donors (Lipinski definition) is 2. The van der Waals surface area contributed by atoms with Gasteiger partial charge >= 0.3 is 12.1 Å². The second-order valence-corrected chi connectivity index (χ2v) is 7.74. The van der Waals surface area contributed by atoms with Crippen LogP contribution >= 0.6 is 0 Å². The van der Waals surface area contributed by atoms with Gasteiger partial charge < -0.3 is 20.1 Å². The Labute approximate surface area is 172 Å². The summed E-state index contributed by atoms with van der Waals surface area (Å²) in [7, 11) is 0. The lowest BCUT2D eigenvalue weighted by Crippen LogP contribution is -2.58. The summed E-state index contributed by atoms with van der Waals surface area (Å²) in [5.41, 5.74) is 0.147. The van der Waals surface area contributed by atoms with E-state index in [1.165, 1.54) is 0 Å². The molecule has 30 heavy (non-hydrogen) atoms. The van der Waals surface area contributed by atoms with Crippen molar-refractivity contribution in [2.45, 2.75) is 45.3 Å². The molecule has 1 spiro atoms. The standard InChI is InChI=1S/C17H26N4O2.C2HF3O2/c1-13(2)15(22)20-14-12-23-11-6-17(14)4-9-21(10-5-17)16-18-7-3-8-19-16;3-2(4,5)1(6)7/h3,7-8,13-14H,4-6,9-12H2,1-2H3,(H,20,22);(H,6,7). The second-order valence-electron chi connectivity index (χ2n) is 7.74. The number of carboxylic acid groups (broad SMARTS) is 1. The minimum absolute atomic E-state index is 0.00628. The predicted molar refractivity (Wildman–Crippen MR) is 102 cm³/mol. The van der Waals surface area contributed by atoms with Gasteiger partial charge in [0.05, 0.1) is 12.6 Å². The molecular formula is C19H27F3N4O4. The number of amides is 1. The van der Waals surface area contributed by atoms with E-state index in [1.54, 1.807) is 12.4 Å². The van der Waals surface area contributed by atoms with Crippen LogP contribution in [0.3, 0.4) is 0 Å². The van der Waals surface area contributed by atoms with Gasteiger partial charge in [0.15, 0.2) is 0 Å². The molecule has 11 heteroatoms. The third-order valence-corrected chi connectivity index (χ3v) is 5.45. The summed E-state index contributed by atoms with van der Waals surface area (Å²) in [6, 6.07) is 1.95. The molecule has 1 aromatic heterocycles. The smallest absolute Gasteiger partial charge is 0.475 e. The van der Waals surface area contributed by atoms with Gasteiger partial charge in [-0.3, -0.25) is 4.79 Å². The van der Waals surface area contributed by atoms with Gasteiger partial charge in [-0.2, -0.15) is 13.2 Å². The van der Waals surface area contributed by atoms with Crippen LogP contribution in [0.4, 0.5) is 19.1 Å². The Morgan fingerprint density at radius 2 is 1.80 bits per heavy atom. The molecule has 0 radical (unpaired) electrons. The van der Waals surface area contributed by atoms with E-state index in [-0.39, 0.29) is 23.3 Å². The van der Waals surface area contributed by atoms with Crippen molar-refractivity contribution >= 4 is 17.8 Å². The number of rotatable bonds is 3. The number of piperidine rings is 1. The summed E-state index contributed by atoms with van der Waals surface area (Å²) in [6.45, 7) is 7.13. The van der Waals surface area contributed by atoms with Gasteiger partial charge in [0.2, 0.25) is 11.9 Å². The maximum Gasteiger partial charge on any atom is 0.490 e. The van der Waals surface area contributed by atoms with Crippen molar-refractivity contribution < 1.29 is 32.6 Å². The number of carbonyl (C=O) groups is 2. The van der Waals surface area contributed by atoms with Crippen molar-refractivity contribution in [1.82, 2.24) is 15.3 Å². The van der Waals surface area contributed by atoms with E-state index < -0.39 is 12.1 Å². The highest BCUT2D eigenvalue weighted by atomic mass is 19.4. The first-order valence-corrected chi connectivity index (χ1v) is 9.75. The molecule has 2 saturated heterocycles. The van der Waals surface area contributed by atoms with Crippen molar-refractivity contribution in [3.05, 3.63) is 18.5 Å². The van der Waals surface area contributed by atoms with Crippen LogP contribution in [0.25, 0.3) is 0 Å². The maximum atomic E-state index is 12.1. The van der Waals surface area contributed by atoms with Crippen LogP contribution in [0.2, 0.25) is 0 Å². The average molecular weight is 432 g/mol. The molecule has 0 bridgehead atoms. The molecule has 2 aliphatic rings. The molecule has 168 valence electrons. The first-order valence-electron chi connectivity index (χ1n) is 9.75. The second kappa shape index (κ2) is 10.1. The quantitative estimate of drug-likeness (QED) is 0.755. The van der Waals surface area contributed by atoms with Gasteiger partial charge in [0.1, 0.15) is 0 Å². The molecule has 3 heterocycles. The van der Waals surface area contributed by atoms with Gasteiger partial charge in [-0.25, -0.2) is 14.8 Å². The maximum absolute atomic E-state index is 12.1. The topological polar surface area (TPSA) is 105 Å². The van der Waals surface area contributed by atoms with Crippen molar-refractivity contribution in [3.63, 3.8) is 0 Å². The van der Waals surface area contributed by atoms with Crippen LogP contribution < -0.4 is 10.2 Å². The normalized spacial score (nSPS) is 21.0. The van der Waals surface area contributed by atoms with Crippen molar-refractivity contribution in [1.29, 1.82) is 0 Å². The van der Waals surface area contributed by atoms with Gasteiger partial charge in [-0.1, -0.05) is 13.8 Å². The lowest BCUT2D eigenvalue weighted by Gasteiger charge is -2.49. The Kier molecular flexibility index (Phi) is 7.99. The minimum atomic E-state index is -5.08. The molecule has 2 aliphatic heterocycles. The molecule has 8 nitrogen and oxygen atoms in total. The lowest BCUT2D eigenvalue weighted by atomic mass is 9.69. The summed E-state index contributed by atoms with van der Waals surface area (Å²) < 4.78 is 37.4. The van der Waals surface area contributed by atoms with E-state index in [4.69, 9.17) is 14.6 Å². The van der Waals surface area contributed by atoms with E-state index in [1.807, 2.05) is 19.9 Å². The molecule has 3 rings (SSSR count). The Hall–Kier alpha value is -2.43. The molecule has 0 aliphatic carbocycles. The van der Waals surface area contributed by atoms with E-state index in [2.05, 4.69) is 20.2 Å². The van der Waals surface area contributed by atoms with E-state index in [0.717, 1.165) is 44.9 Å². The zero-order valence-electron chi connectivity index (χ0n) is 17.0. The first kappa shape index (κ1) is 23.8. The Bertz CT molecular complexity index is 707. The van der Waals surface area contributed by atoms with E-state index >= 15 is 0 Å². The van der Waals surface area contributed by atoms with Crippen LogP contribution in [0, 0.1) is 11.3 Å². The molecule has 1 atom stereocenters. The van der Waals surface area contributed by atoms with E-state index in [0.29, 0.717) is 6.61 Å². The molecule has 1 aromatic rings. The summed E-state index contributed by atoms with van der Waals surface area (Å²) in [5.74, 6) is -1.83. The van der Waals surface area contributed by atoms with Gasteiger partial charge in [-0.05, 0) is 30.7 Å². The van der Waals surface area contributed by atoms with Crippen molar-refractivity contribution in [2.75, 3.05) is 31.2 Å². The van der Waals surface area contributed by atoms with Crippen molar-refractivity contribution in [2.24, 2.45) is 11.3 Å². The number of hydrogen-bond acceptors (Lipinski definition) is 6. The molecule has 2 fully saturated rings. The Morgan fingerprint density at radius 3 is 2.30 bits per heavy atom. The number of halogens is 3. The van der Waals surface area contributed by atoms with Crippen molar-refractivity contribution in [3.8, 4) is 0 Å². The number of aromatic nitrogens is 2. The Balaban J connectivity index is 0.000000396. The summed E-state index contributed by atoms with van der Waals surface area (Å²) in [6.07, 6.45) is 1.58. The lowest BCUT2D eigenvalue weighted by molar-refractivity contribution is -0.192. The monoisotopic (exact) mass is 432 g/mol. The predicted octanol–water partition coefficient (Wildman–Crippen LogP) is 2.26. The van der Waals surface area contributed by atoms with Crippen LogP contribution in [0.1, 0.15) is 33.1 Å². The zero-order chi connectivity index (χ0) is 22.4. The number of nitrogens with zero attached hydrogens (tertiary/aromatic N) is 3. The summed E-state index contributed by atoms with van der Waals surface area (Å²) in [5, 5.41) is 10.3. The molecular weight excluding hydrogens is 405 g/mol. The number of carbonyl (C=O) groups excluding carboxylic acids is 1. The molecule has 1 amide bonds. The summed E-state index contributed by atoms with van der Waals surface area (Å²) >= 11 is 0. The van der Waals surface area contributed by atoms with Crippen LogP contribution in [-0.2, 0) is 14.3 Å². The van der Waals surface area contributed by atoms with Gasteiger partial charge in [-0.15, -0.1) is 0 Å². The number of ether oxygens (including phenoxy) is 1. The fourth-order valence-electron chi connectivity index (χ4n) is 3.57. The SMILES string of the molecule is CC(C)C(=O)NC1COCCC12CCN(c1ncccn1)CC2.O=C(O)C(F)(F)F.